The minimum absolute atomic E-state index is 0.0554. The van der Waals surface area contributed by atoms with Gasteiger partial charge in [-0.1, -0.05) is 12.1 Å². The summed E-state index contributed by atoms with van der Waals surface area (Å²) in [4.78, 5) is 15.2. The molecule has 3 fully saturated rings. The number of ether oxygens (including phenoxy) is 1. The SMILES string of the molecule is Cc1c[nH]nc1C1CCCN(C(=O)C2CC2)[C@H]1CO[C@H]1CC[C@@H](c2cccc(F)c2)CC1. The Morgan fingerprint density at radius 3 is 2.69 bits per heavy atom. The van der Waals surface area contributed by atoms with Crippen LogP contribution in [0.5, 0.6) is 0 Å². The van der Waals surface area contributed by atoms with Gasteiger partial charge in [0.1, 0.15) is 5.82 Å². The molecular formula is C26H34FN3O2. The van der Waals surface area contributed by atoms with Gasteiger partial charge in [0.2, 0.25) is 5.91 Å². The van der Waals surface area contributed by atoms with Crippen molar-refractivity contribution in [2.75, 3.05) is 13.2 Å². The Kier molecular flexibility index (Phi) is 6.31. The van der Waals surface area contributed by atoms with Crippen LogP contribution in [0.15, 0.2) is 30.5 Å². The molecule has 0 radical (unpaired) electrons. The quantitative estimate of drug-likeness (QED) is 0.682. The van der Waals surface area contributed by atoms with Crippen molar-refractivity contribution in [1.82, 2.24) is 15.1 Å². The normalized spacial score (nSPS) is 28.6. The molecule has 1 aromatic carbocycles. The Morgan fingerprint density at radius 2 is 2.00 bits per heavy atom. The smallest absolute Gasteiger partial charge is 0.226 e. The van der Waals surface area contributed by atoms with Gasteiger partial charge in [-0.3, -0.25) is 9.89 Å². The van der Waals surface area contributed by atoms with E-state index in [1.54, 1.807) is 12.1 Å². The first-order valence-corrected chi connectivity index (χ1v) is 12.3. The van der Waals surface area contributed by atoms with E-state index >= 15 is 0 Å². The molecule has 172 valence electrons. The molecule has 2 aliphatic carbocycles. The highest BCUT2D eigenvalue weighted by Gasteiger charge is 2.42. The predicted octanol–water partition coefficient (Wildman–Crippen LogP) is 5.08. The number of benzene rings is 1. The zero-order valence-corrected chi connectivity index (χ0v) is 18.9. The van der Waals surface area contributed by atoms with Crippen molar-refractivity contribution in [3.8, 4) is 0 Å². The first-order valence-electron chi connectivity index (χ1n) is 12.3. The maximum atomic E-state index is 13.6. The number of H-pyrrole nitrogens is 1. The lowest BCUT2D eigenvalue weighted by molar-refractivity contribution is -0.139. The third-order valence-electron chi connectivity index (χ3n) is 7.71. The van der Waals surface area contributed by atoms with Gasteiger partial charge in [0, 0.05) is 24.6 Å². The zero-order valence-electron chi connectivity index (χ0n) is 18.9. The summed E-state index contributed by atoms with van der Waals surface area (Å²) in [7, 11) is 0. The van der Waals surface area contributed by atoms with Gasteiger partial charge in [-0.05, 0) is 87.5 Å². The summed E-state index contributed by atoms with van der Waals surface area (Å²) in [5.41, 5.74) is 3.35. The van der Waals surface area contributed by atoms with Crippen molar-refractivity contribution in [2.45, 2.75) is 82.3 Å². The van der Waals surface area contributed by atoms with Crippen molar-refractivity contribution in [3.63, 3.8) is 0 Å². The van der Waals surface area contributed by atoms with E-state index in [9.17, 15) is 9.18 Å². The van der Waals surface area contributed by atoms with Crippen molar-refractivity contribution < 1.29 is 13.9 Å². The van der Waals surface area contributed by atoms with Crippen LogP contribution in [0.2, 0.25) is 0 Å². The maximum Gasteiger partial charge on any atom is 0.226 e. The second-order valence-electron chi connectivity index (χ2n) is 9.94. The molecule has 2 heterocycles. The number of carbonyl (C=O) groups excluding carboxylic acids is 1. The number of hydrogen-bond acceptors (Lipinski definition) is 3. The third-order valence-corrected chi connectivity index (χ3v) is 7.71. The van der Waals surface area contributed by atoms with Crippen LogP contribution >= 0.6 is 0 Å². The third kappa shape index (κ3) is 4.61. The Labute approximate surface area is 189 Å². The van der Waals surface area contributed by atoms with Gasteiger partial charge in [0.15, 0.2) is 0 Å². The monoisotopic (exact) mass is 439 g/mol. The highest BCUT2D eigenvalue weighted by molar-refractivity contribution is 5.81. The van der Waals surface area contributed by atoms with E-state index in [1.807, 2.05) is 12.3 Å². The Bertz CT molecular complexity index is 933. The van der Waals surface area contributed by atoms with E-state index in [0.29, 0.717) is 18.4 Å². The predicted molar refractivity (Wildman–Crippen MR) is 121 cm³/mol. The number of aromatic nitrogens is 2. The molecule has 5 rings (SSSR count). The standard InChI is InChI=1S/C26H34FN3O2/c1-17-15-28-29-25(17)23-6-3-13-30(26(31)19-7-8-19)24(23)16-32-22-11-9-18(10-12-22)20-4-2-5-21(27)14-20/h2,4-5,14-15,18-19,22-24H,3,6-13,16H2,1H3,(H,28,29)/t18-,22+,23?,24-/m0/s1. The first-order chi connectivity index (χ1) is 15.6. The fourth-order valence-electron chi connectivity index (χ4n) is 5.71. The molecule has 5 nitrogen and oxygen atoms in total. The number of likely N-dealkylation sites (tertiary alicyclic amines) is 1. The van der Waals surface area contributed by atoms with E-state index in [2.05, 4.69) is 22.0 Å². The molecule has 3 aliphatic rings. The summed E-state index contributed by atoms with van der Waals surface area (Å²) < 4.78 is 20.1. The van der Waals surface area contributed by atoms with Crippen LogP contribution in [0.3, 0.4) is 0 Å². The molecule has 32 heavy (non-hydrogen) atoms. The average Bonchev–Trinajstić information content (AvgIpc) is 3.58. The number of aryl methyl sites for hydroxylation is 1. The second kappa shape index (κ2) is 9.34. The topological polar surface area (TPSA) is 58.2 Å². The van der Waals surface area contributed by atoms with Crippen molar-refractivity contribution in [1.29, 1.82) is 0 Å². The minimum atomic E-state index is -0.154. The summed E-state index contributed by atoms with van der Waals surface area (Å²) in [5.74, 6) is 1.01. The van der Waals surface area contributed by atoms with Crippen LogP contribution in [0, 0.1) is 18.7 Å². The number of halogens is 1. The average molecular weight is 440 g/mol. The van der Waals surface area contributed by atoms with Crippen molar-refractivity contribution >= 4 is 5.91 Å². The van der Waals surface area contributed by atoms with E-state index in [-0.39, 0.29) is 29.8 Å². The molecule has 0 spiro atoms. The van der Waals surface area contributed by atoms with E-state index in [0.717, 1.165) is 74.7 Å². The van der Waals surface area contributed by atoms with Crippen LogP contribution in [-0.4, -0.2) is 46.3 Å². The molecule has 1 aliphatic heterocycles. The van der Waals surface area contributed by atoms with E-state index < -0.39 is 0 Å². The molecule has 1 aromatic heterocycles. The van der Waals surface area contributed by atoms with Gasteiger partial charge in [-0.2, -0.15) is 5.10 Å². The highest BCUT2D eigenvalue weighted by Crippen LogP contribution is 2.39. The van der Waals surface area contributed by atoms with Gasteiger partial charge >= 0.3 is 0 Å². The van der Waals surface area contributed by atoms with Gasteiger partial charge in [-0.15, -0.1) is 0 Å². The van der Waals surface area contributed by atoms with E-state index in [4.69, 9.17) is 4.74 Å². The largest absolute Gasteiger partial charge is 0.376 e. The Morgan fingerprint density at radius 1 is 1.19 bits per heavy atom. The van der Waals surface area contributed by atoms with E-state index in [1.165, 1.54) is 6.07 Å². The lowest BCUT2D eigenvalue weighted by Crippen LogP contribution is -2.51. The number of carbonyl (C=O) groups is 1. The number of hydrogen-bond donors (Lipinski definition) is 1. The number of nitrogens with zero attached hydrogens (tertiary/aromatic N) is 2. The fourth-order valence-corrected chi connectivity index (χ4v) is 5.71. The zero-order chi connectivity index (χ0) is 22.1. The molecule has 2 saturated carbocycles. The summed E-state index contributed by atoms with van der Waals surface area (Å²) in [5, 5.41) is 7.54. The summed E-state index contributed by atoms with van der Waals surface area (Å²) >= 11 is 0. The number of amides is 1. The Hall–Kier alpha value is -2.21. The molecular weight excluding hydrogens is 405 g/mol. The lowest BCUT2D eigenvalue weighted by atomic mass is 9.82. The lowest BCUT2D eigenvalue weighted by Gasteiger charge is -2.42. The van der Waals surface area contributed by atoms with Gasteiger partial charge in [0.25, 0.3) is 0 Å². The molecule has 0 bridgehead atoms. The van der Waals surface area contributed by atoms with Crippen molar-refractivity contribution in [3.05, 3.63) is 53.1 Å². The summed E-state index contributed by atoms with van der Waals surface area (Å²) in [6, 6.07) is 7.08. The number of aromatic amines is 1. The second-order valence-corrected chi connectivity index (χ2v) is 9.94. The Balaban J connectivity index is 1.24. The first kappa shape index (κ1) is 21.6. The maximum absolute atomic E-state index is 13.6. The summed E-state index contributed by atoms with van der Waals surface area (Å²) in [6.07, 6.45) is 10.3. The number of nitrogens with one attached hydrogen (secondary N) is 1. The van der Waals surface area contributed by atoms with Crippen LogP contribution in [0.25, 0.3) is 0 Å². The number of piperidine rings is 1. The minimum Gasteiger partial charge on any atom is -0.376 e. The molecule has 1 unspecified atom stereocenters. The van der Waals surface area contributed by atoms with Crippen molar-refractivity contribution in [2.24, 2.45) is 5.92 Å². The van der Waals surface area contributed by atoms with Gasteiger partial charge in [-0.25, -0.2) is 4.39 Å². The number of rotatable bonds is 6. The van der Waals surface area contributed by atoms with Crippen LogP contribution in [-0.2, 0) is 9.53 Å². The fraction of sp³-hybridized carbons (Fsp3) is 0.615. The molecule has 1 saturated heterocycles. The molecule has 2 aromatic rings. The van der Waals surface area contributed by atoms with Crippen LogP contribution in [0.4, 0.5) is 4.39 Å². The molecule has 6 heteroatoms. The highest BCUT2D eigenvalue weighted by atomic mass is 19.1. The van der Waals surface area contributed by atoms with Gasteiger partial charge < -0.3 is 9.64 Å². The summed E-state index contributed by atoms with van der Waals surface area (Å²) in [6.45, 7) is 3.49. The molecule has 2 atom stereocenters. The van der Waals surface area contributed by atoms with Crippen LogP contribution < -0.4 is 0 Å². The van der Waals surface area contributed by atoms with Crippen LogP contribution in [0.1, 0.15) is 80.0 Å². The molecule has 1 amide bonds. The molecule has 1 N–H and O–H groups in total. The van der Waals surface area contributed by atoms with Gasteiger partial charge in [0.05, 0.1) is 24.4 Å².